The van der Waals surface area contributed by atoms with Gasteiger partial charge in [-0.15, -0.1) is 0 Å². The maximum Gasteiger partial charge on any atom is 0.130 e. The van der Waals surface area contributed by atoms with E-state index in [0.717, 1.165) is 23.2 Å². The first-order valence-electron chi connectivity index (χ1n) is 7.33. The Kier molecular flexibility index (Phi) is 4.02. The number of nitrogens with two attached hydrogens (primary N) is 1. The van der Waals surface area contributed by atoms with Crippen molar-refractivity contribution in [2.24, 2.45) is 0 Å². The second-order valence-electron chi connectivity index (χ2n) is 5.30. The standard InChI is InChI=1S/C16H21N3O/c17-14-6-4-5-13-15(7-8-18-16(13)14)20-12-11-19-9-2-1-3-10-19/h4-8H,1-3,9-12,17H2. The Labute approximate surface area is 119 Å². The third-order valence-corrected chi connectivity index (χ3v) is 3.88. The summed E-state index contributed by atoms with van der Waals surface area (Å²) in [4.78, 5) is 6.80. The number of ether oxygens (including phenoxy) is 1. The monoisotopic (exact) mass is 271 g/mol. The van der Waals surface area contributed by atoms with Gasteiger partial charge in [0.05, 0.1) is 11.2 Å². The van der Waals surface area contributed by atoms with Crippen LogP contribution in [0.15, 0.2) is 30.5 Å². The summed E-state index contributed by atoms with van der Waals surface area (Å²) in [6.07, 6.45) is 5.75. The molecule has 1 fully saturated rings. The number of anilines is 1. The van der Waals surface area contributed by atoms with Crippen molar-refractivity contribution in [2.45, 2.75) is 19.3 Å². The number of piperidine rings is 1. The second kappa shape index (κ2) is 6.09. The van der Waals surface area contributed by atoms with Crippen molar-refractivity contribution in [2.75, 3.05) is 32.0 Å². The average Bonchev–Trinajstić information content (AvgIpc) is 2.49. The van der Waals surface area contributed by atoms with Crippen molar-refractivity contribution in [1.29, 1.82) is 0 Å². The lowest BCUT2D eigenvalue weighted by Gasteiger charge is -2.26. The van der Waals surface area contributed by atoms with Gasteiger partial charge in [0.15, 0.2) is 0 Å². The Balaban J connectivity index is 1.66. The zero-order valence-corrected chi connectivity index (χ0v) is 11.7. The van der Waals surface area contributed by atoms with Gasteiger partial charge in [-0.1, -0.05) is 12.5 Å². The fourth-order valence-electron chi connectivity index (χ4n) is 2.77. The van der Waals surface area contributed by atoms with Crippen molar-refractivity contribution in [3.05, 3.63) is 30.5 Å². The Morgan fingerprint density at radius 2 is 2.00 bits per heavy atom. The summed E-state index contributed by atoms with van der Waals surface area (Å²) in [5, 5.41) is 0.992. The van der Waals surface area contributed by atoms with E-state index < -0.39 is 0 Å². The molecule has 0 radical (unpaired) electrons. The molecule has 1 aromatic carbocycles. The minimum absolute atomic E-state index is 0.698. The van der Waals surface area contributed by atoms with Crippen LogP contribution in [0.3, 0.4) is 0 Å². The summed E-state index contributed by atoms with van der Waals surface area (Å²) in [6.45, 7) is 4.11. The first-order chi connectivity index (χ1) is 9.84. The largest absolute Gasteiger partial charge is 0.491 e. The molecule has 0 bridgehead atoms. The van der Waals surface area contributed by atoms with Gasteiger partial charge in [-0.2, -0.15) is 0 Å². The van der Waals surface area contributed by atoms with Crippen molar-refractivity contribution >= 4 is 16.6 Å². The van der Waals surface area contributed by atoms with Crippen LogP contribution >= 0.6 is 0 Å². The summed E-state index contributed by atoms with van der Waals surface area (Å²) in [7, 11) is 0. The molecular weight excluding hydrogens is 250 g/mol. The minimum Gasteiger partial charge on any atom is -0.491 e. The van der Waals surface area contributed by atoms with E-state index >= 15 is 0 Å². The summed E-state index contributed by atoms with van der Waals surface area (Å²) in [6, 6.07) is 7.73. The fourth-order valence-corrected chi connectivity index (χ4v) is 2.77. The Hall–Kier alpha value is -1.81. The number of rotatable bonds is 4. The van der Waals surface area contributed by atoms with E-state index in [-0.39, 0.29) is 0 Å². The van der Waals surface area contributed by atoms with Crippen molar-refractivity contribution < 1.29 is 4.74 Å². The average molecular weight is 271 g/mol. The van der Waals surface area contributed by atoms with Crippen LogP contribution in [-0.4, -0.2) is 36.1 Å². The molecule has 2 aromatic rings. The number of fused-ring (bicyclic) bond motifs is 1. The molecule has 20 heavy (non-hydrogen) atoms. The zero-order valence-electron chi connectivity index (χ0n) is 11.7. The summed E-state index contributed by atoms with van der Waals surface area (Å²) in [5.74, 6) is 0.874. The molecule has 0 amide bonds. The highest BCUT2D eigenvalue weighted by molar-refractivity contribution is 5.93. The number of hydrogen-bond acceptors (Lipinski definition) is 4. The quantitative estimate of drug-likeness (QED) is 0.869. The van der Waals surface area contributed by atoms with Gasteiger partial charge in [0.2, 0.25) is 0 Å². The lowest BCUT2D eigenvalue weighted by Crippen LogP contribution is -2.33. The molecule has 0 spiro atoms. The van der Waals surface area contributed by atoms with E-state index in [1.807, 2.05) is 24.3 Å². The van der Waals surface area contributed by atoms with Gasteiger partial charge in [-0.05, 0) is 44.1 Å². The molecule has 3 rings (SSSR count). The lowest BCUT2D eigenvalue weighted by atomic mass is 10.1. The molecule has 0 saturated carbocycles. The predicted octanol–water partition coefficient (Wildman–Crippen LogP) is 2.68. The van der Waals surface area contributed by atoms with Crippen molar-refractivity contribution in [3.63, 3.8) is 0 Å². The summed E-state index contributed by atoms with van der Waals surface area (Å²) >= 11 is 0. The van der Waals surface area contributed by atoms with E-state index in [2.05, 4.69) is 9.88 Å². The van der Waals surface area contributed by atoms with Gasteiger partial charge in [-0.3, -0.25) is 9.88 Å². The van der Waals surface area contributed by atoms with Gasteiger partial charge < -0.3 is 10.5 Å². The van der Waals surface area contributed by atoms with Crippen LogP contribution in [0.25, 0.3) is 10.9 Å². The predicted molar refractivity (Wildman–Crippen MR) is 81.9 cm³/mol. The third kappa shape index (κ3) is 2.85. The maximum atomic E-state index is 5.94. The molecule has 1 saturated heterocycles. The SMILES string of the molecule is Nc1cccc2c(OCCN3CCCCC3)ccnc12. The third-order valence-electron chi connectivity index (χ3n) is 3.88. The molecule has 2 N–H and O–H groups in total. The van der Waals surface area contributed by atoms with Gasteiger partial charge >= 0.3 is 0 Å². The van der Waals surface area contributed by atoms with Gasteiger partial charge in [-0.25, -0.2) is 0 Å². The molecule has 2 heterocycles. The topological polar surface area (TPSA) is 51.4 Å². The molecule has 106 valence electrons. The number of aromatic nitrogens is 1. The Morgan fingerprint density at radius 3 is 2.85 bits per heavy atom. The number of likely N-dealkylation sites (tertiary alicyclic amines) is 1. The molecular formula is C16H21N3O. The van der Waals surface area contributed by atoms with E-state index in [0.29, 0.717) is 12.3 Å². The van der Waals surface area contributed by atoms with Gasteiger partial charge in [0.1, 0.15) is 12.4 Å². The van der Waals surface area contributed by atoms with Crippen LogP contribution in [0.1, 0.15) is 19.3 Å². The Morgan fingerprint density at radius 1 is 1.15 bits per heavy atom. The van der Waals surface area contributed by atoms with E-state index in [1.54, 1.807) is 6.20 Å². The van der Waals surface area contributed by atoms with Gasteiger partial charge in [0.25, 0.3) is 0 Å². The first kappa shape index (κ1) is 13.2. The molecule has 1 aromatic heterocycles. The van der Waals surface area contributed by atoms with Crippen LogP contribution < -0.4 is 10.5 Å². The lowest BCUT2D eigenvalue weighted by molar-refractivity contribution is 0.184. The van der Waals surface area contributed by atoms with E-state index in [1.165, 1.54) is 32.4 Å². The number of nitrogens with zero attached hydrogens (tertiary/aromatic N) is 2. The fraction of sp³-hybridized carbons (Fsp3) is 0.438. The number of pyridine rings is 1. The maximum absolute atomic E-state index is 5.94. The smallest absolute Gasteiger partial charge is 0.130 e. The van der Waals surface area contributed by atoms with Crippen LogP contribution in [-0.2, 0) is 0 Å². The van der Waals surface area contributed by atoms with Crippen LogP contribution in [0.4, 0.5) is 5.69 Å². The minimum atomic E-state index is 0.698. The van der Waals surface area contributed by atoms with Crippen molar-refractivity contribution in [3.8, 4) is 5.75 Å². The Bertz CT molecular complexity index is 579. The highest BCUT2D eigenvalue weighted by Crippen LogP contribution is 2.27. The molecule has 0 atom stereocenters. The number of benzene rings is 1. The van der Waals surface area contributed by atoms with Crippen molar-refractivity contribution in [1.82, 2.24) is 9.88 Å². The first-order valence-corrected chi connectivity index (χ1v) is 7.33. The van der Waals surface area contributed by atoms with E-state index in [4.69, 9.17) is 10.5 Å². The molecule has 4 heteroatoms. The molecule has 1 aliphatic rings. The van der Waals surface area contributed by atoms with Crippen LogP contribution in [0, 0.1) is 0 Å². The summed E-state index contributed by atoms with van der Waals surface area (Å²) < 4.78 is 5.94. The number of hydrogen-bond donors (Lipinski definition) is 1. The van der Waals surface area contributed by atoms with Crippen LogP contribution in [0.2, 0.25) is 0 Å². The molecule has 0 unspecified atom stereocenters. The summed E-state index contributed by atoms with van der Waals surface area (Å²) in [5.41, 5.74) is 7.46. The normalized spacial score (nSPS) is 16.4. The zero-order chi connectivity index (χ0) is 13.8. The number of para-hydroxylation sites is 1. The van der Waals surface area contributed by atoms with Crippen LogP contribution in [0.5, 0.6) is 5.75 Å². The van der Waals surface area contributed by atoms with E-state index in [9.17, 15) is 0 Å². The molecule has 0 aliphatic carbocycles. The van der Waals surface area contributed by atoms with Gasteiger partial charge in [0, 0.05) is 18.1 Å². The highest BCUT2D eigenvalue weighted by atomic mass is 16.5. The molecule has 1 aliphatic heterocycles. The second-order valence-corrected chi connectivity index (χ2v) is 5.30. The molecule has 4 nitrogen and oxygen atoms in total. The highest BCUT2D eigenvalue weighted by Gasteiger charge is 2.10. The number of nitrogen functional groups attached to an aromatic ring is 1.